The number of aromatic nitrogens is 2. The third-order valence-corrected chi connectivity index (χ3v) is 2.97. The van der Waals surface area contributed by atoms with Gasteiger partial charge in [-0.3, -0.25) is 4.98 Å². The molecule has 1 atom stereocenters. The van der Waals surface area contributed by atoms with Crippen LogP contribution in [0.4, 0.5) is 4.39 Å². The van der Waals surface area contributed by atoms with Gasteiger partial charge in [-0.05, 0) is 12.1 Å². The van der Waals surface area contributed by atoms with E-state index in [0.717, 1.165) is 0 Å². The number of halogens is 2. The number of hydrogen-bond acceptors (Lipinski definition) is 4. The third kappa shape index (κ3) is 2.49. The van der Waals surface area contributed by atoms with Crippen molar-refractivity contribution in [3.63, 3.8) is 0 Å². The van der Waals surface area contributed by atoms with Gasteiger partial charge in [-0.15, -0.1) is 0 Å². The quantitative estimate of drug-likeness (QED) is 0.945. The van der Waals surface area contributed by atoms with Crippen molar-refractivity contribution < 1.29 is 9.13 Å². The maximum absolute atomic E-state index is 13.8. The summed E-state index contributed by atoms with van der Waals surface area (Å²) in [5.41, 5.74) is 6.75. The molecule has 94 valence electrons. The molecule has 0 spiro atoms. The Morgan fingerprint density at radius 3 is 2.72 bits per heavy atom. The molecule has 0 saturated carbocycles. The summed E-state index contributed by atoms with van der Waals surface area (Å²) in [6.07, 6.45) is 2.99. The van der Waals surface area contributed by atoms with Crippen LogP contribution in [0.15, 0.2) is 35.1 Å². The Bertz CT molecular complexity index is 565. The summed E-state index contributed by atoms with van der Waals surface area (Å²) < 4.78 is 19.5. The average Bonchev–Trinajstić information content (AvgIpc) is 2.38. The van der Waals surface area contributed by atoms with Gasteiger partial charge in [-0.25, -0.2) is 9.37 Å². The predicted molar refractivity (Wildman–Crippen MR) is 68.7 cm³/mol. The molecule has 18 heavy (non-hydrogen) atoms. The van der Waals surface area contributed by atoms with Crippen molar-refractivity contribution in [2.45, 2.75) is 6.04 Å². The van der Waals surface area contributed by atoms with Gasteiger partial charge in [0.1, 0.15) is 11.5 Å². The smallest absolute Gasteiger partial charge is 0.237 e. The molecule has 0 radical (unpaired) electrons. The predicted octanol–water partition coefficient (Wildman–Crippen LogP) is 2.43. The van der Waals surface area contributed by atoms with Gasteiger partial charge in [0.05, 0.1) is 13.2 Å². The first-order valence-corrected chi connectivity index (χ1v) is 5.98. The Kier molecular flexibility index (Phi) is 3.88. The van der Waals surface area contributed by atoms with Crippen LogP contribution >= 0.6 is 15.9 Å². The lowest BCUT2D eigenvalue weighted by Gasteiger charge is -2.14. The fraction of sp³-hybridized carbons (Fsp3) is 0.167. The van der Waals surface area contributed by atoms with Gasteiger partial charge >= 0.3 is 0 Å². The SMILES string of the molecule is COc1nccnc1C(N)c1ccc(Br)cc1F. The van der Waals surface area contributed by atoms with Crippen LogP contribution in [0.1, 0.15) is 17.3 Å². The summed E-state index contributed by atoms with van der Waals surface area (Å²) in [6, 6.07) is 3.97. The van der Waals surface area contributed by atoms with Crippen molar-refractivity contribution in [1.82, 2.24) is 9.97 Å². The van der Waals surface area contributed by atoms with Crippen molar-refractivity contribution in [2.24, 2.45) is 5.73 Å². The van der Waals surface area contributed by atoms with E-state index in [1.807, 2.05) is 0 Å². The van der Waals surface area contributed by atoms with Gasteiger partial charge in [-0.1, -0.05) is 22.0 Å². The van der Waals surface area contributed by atoms with Crippen molar-refractivity contribution in [3.05, 3.63) is 52.1 Å². The third-order valence-electron chi connectivity index (χ3n) is 2.48. The second-order valence-corrected chi connectivity index (χ2v) is 4.51. The number of nitrogens with zero attached hydrogens (tertiary/aromatic N) is 2. The molecule has 0 bridgehead atoms. The van der Waals surface area contributed by atoms with Gasteiger partial charge in [0.25, 0.3) is 0 Å². The summed E-state index contributed by atoms with van der Waals surface area (Å²) in [6.45, 7) is 0. The molecule has 6 heteroatoms. The molecule has 2 aromatic rings. The Labute approximate surface area is 112 Å². The normalized spacial score (nSPS) is 12.2. The molecule has 1 heterocycles. The standard InChI is InChI=1S/C12H11BrFN3O/c1-18-12-11(16-4-5-17-12)10(15)8-3-2-7(13)6-9(8)14/h2-6,10H,15H2,1H3. The Hall–Kier alpha value is -1.53. The fourth-order valence-corrected chi connectivity index (χ4v) is 1.94. The van der Waals surface area contributed by atoms with Crippen LogP contribution in [0.5, 0.6) is 5.88 Å². The Balaban J connectivity index is 2.44. The highest BCUT2D eigenvalue weighted by molar-refractivity contribution is 9.10. The van der Waals surface area contributed by atoms with Crippen molar-refractivity contribution in [1.29, 1.82) is 0 Å². The van der Waals surface area contributed by atoms with Crippen LogP contribution in [-0.2, 0) is 0 Å². The van der Waals surface area contributed by atoms with Crippen LogP contribution in [0.25, 0.3) is 0 Å². The van der Waals surface area contributed by atoms with E-state index in [1.54, 1.807) is 12.1 Å². The molecule has 0 aliphatic rings. The first-order valence-electron chi connectivity index (χ1n) is 5.19. The number of hydrogen-bond donors (Lipinski definition) is 1. The Morgan fingerprint density at radius 1 is 1.33 bits per heavy atom. The number of benzene rings is 1. The summed E-state index contributed by atoms with van der Waals surface area (Å²) in [7, 11) is 1.47. The van der Waals surface area contributed by atoms with E-state index >= 15 is 0 Å². The van der Waals surface area contributed by atoms with Crippen LogP contribution in [0.3, 0.4) is 0 Å². The van der Waals surface area contributed by atoms with Crippen LogP contribution in [0.2, 0.25) is 0 Å². The minimum atomic E-state index is -0.721. The van der Waals surface area contributed by atoms with E-state index < -0.39 is 11.9 Å². The van der Waals surface area contributed by atoms with Gasteiger partial charge in [0, 0.05) is 22.4 Å². The molecule has 1 aromatic carbocycles. The molecule has 0 fully saturated rings. The molecule has 4 nitrogen and oxygen atoms in total. The molecule has 0 aliphatic carbocycles. The number of rotatable bonds is 3. The highest BCUT2D eigenvalue weighted by atomic mass is 79.9. The molecule has 0 amide bonds. The highest BCUT2D eigenvalue weighted by Gasteiger charge is 2.19. The maximum Gasteiger partial charge on any atom is 0.237 e. The largest absolute Gasteiger partial charge is 0.480 e. The number of nitrogens with two attached hydrogens (primary N) is 1. The van der Waals surface area contributed by atoms with E-state index in [4.69, 9.17) is 10.5 Å². The molecule has 1 unspecified atom stereocenters. The van der Waals surface area contributed by atoms with E-state index in [2.05, 4.69) is 25.9 Å². The Morgan fingerprint density at radius 2 is 2.06 bits per heavy atom. The zero-order valence-electron chi connectivity index (χ0n) is 9.60. The first kappa shape index (κ1) is 12.9. The van der Waals surface area contributed by atoms with Crippen molar-refractivity contribution >= 4 is 15.9 Å². The van der Waals surface area contributed by atoms with Gasteiger partial charge in [0.2, 0.25) is 5.88 Å². The number of methoxy groups -OCH3 is 1. The summed E-state index contributed by atoms with van der Waals surface area (Å²) >= 11 is 3.20. The van der Waals surface area contributed by atoms with Crippen molar-refractivity contribution in [3.8, 4) is 5.88 Å². The zero-order chi connectivity index (χ0) is 13.1. The van der Waals surface area contributed by atoms with Crippen LogP contribution < -0.4 is 10.5 Å². The van der Waals surface area contributed by atoms with Gasteiger partial charge in [-0.2, -0.15) is 0 Å². The number of ether oxygens (including phenoxy) is 1. The van der Waals surface area contributed by atoms with Crippen molar-refractivity contribution in [2.75, 3.05) is 7.11 Å². The second kappa shape index (κ2) is 5.41. The minimum absolute atomic E-state index is 0.298. The lowest BCUT2D eigenvalue weighted by molar-refractivity contribution is 0.386. The van der Waals surface area contributed by atoms with E-state index in [0.29, 0.717) is 21.6 Å². The molecule has 0 aliphatic heterocycles. The van der Waals surface area contributed by atoms with E-state index in [-0.39, 0.29) is 0 Å². The van der Waals surface area contributed by atoms with Gasteiger partial charge < -0.3 is 10.5 Å². The molecule has 2 rings (SSSR count). The van der Waals surface area contributed by atoms with E-state index in [1.165, 1.54) is 25.6 Å². The fourth-order valence-electron chi connectivity index (χ4n) is 1.61. The molecule has 1 aromatic heterocycles. The minimum Gasteiger partial charge on any atom is -0.480 e. The molecular weight excluding hydrogens is 301 g/mol. The summed E-state index contributed by atoms with van der Waals surface area (Å²) in [4.78, 5) is 8.09. The topological polar surface area (TPSA) is 61.0 Å². The summed E-state index contributed by atoms with van der Waals surface area (Å²) in [5.74, 6) is -0.100. The van der Waals surface area contributed by atoms with Gasteiger partial charge in [0.15, 0.2) is 0 Å². The van der Waals surface area contributed by atoms with Crippen LogP contribution in [-0.4, -0.2) is 17.1 Å². The second-order valence-electron chi connectivity index (χ2n) is 3.59. The summed E-state index contributed by atoms with van der Waals surface area (Å²) in [5, 5.41) is 0. The highest BCUT2D eigenvalue weighted by Crippen LogP contribution is 2.27. The maximum atomic E-state index is 13.8. The zero-order valence-corrected chi connectivity index (χ0v) is 11.2. The van der Waals surface area contributed by atoms with E-state index in [9.17, 15) is 4.39 Å². The molecule has 0 saturated heterocycles. The average molecular weight is 312 g/mol. The monoisotopic (exact) mass is 311 g/mol. The van der Waals surface area contributed by atoms with Crippen LogP contribution in [0, 0.1) is 5.82 Å². The lowest BCUT2D eigenvalue weighted by atomic mass is 10.0. The first-order chi connectivity index (χ1) is 8.63. The lowest BCUT2D eigenvalue weighted by Crippen LogP contribution is -2.16. The molecular formula is C12H11BrFN3O. The molecule has 2 N–H and O–H groups in total.